The van der Waals surface area contributed by atoms with E-state index in [9.17, 15) is 18.4 Å². The van der Waals surface area contributed by atoms with Crippen LogP contribution in [-0.2, 0) is 4.74 Å². The Morgan fingerprint density at radius 1 is 1.02 bits per heavy atom. The van der Waals surface area contributed by atoms with Crippen LogP contribution in [0.5, 0.6) is 0 Å². The number of H-pyrrole nitrogens is 1. The molecule has 3 aliphatic heterocycles. The van der Waals surface area contributed by atoms with E-state index in [0.29, 0.717) is 38.2 Å². The van der Waals surface area contributed by atoms with Crippen molar-refractivity contribution in [3.63, 3.8) is 0 Å². The lowest BCUT2D eigenvalue weighted by Gasteiger charge is -2.44. The van der Waals surface area contributed by atoms with Gasteiger partial charge in [-0.3, -0.25) is 14.5 Å². The number of fused-ring (bicyclic) bond motifs is 2. The number of hydrogen-bond donors (Lipinski definition) is 2. The molecule has 0 radical (unpaired) electrons. The summed E-state index contributed by atoms with van der Waals surface area (Å²) in [7, 11) is 1.95. The summed E-state index contributed by atoms with van der Waals surface area (Å²) in [4.78, 5) is 41.9. The molecule has 234 valence electrons. The fraction of sp³-hybridized carbons (Fsp3) is 0.467. The summed E-state index contributed by atoms with van der Waals surface area (Å²) in [6, 6.07) is 1.77. The van der Waals surface area contributed by atoms with Crippen LogP contribution in [0.25, 0.3) is 11.1 Å². The van der Waals surface area contributed by atoms with Gasteiger partial charge in [0.1, 0.15) is 11.5 Å². The van der Waals surface area contributed by atoms with E-state index in [2.05, 4.69) is 25.2 Å². The quantitative estimate of drug-likeness (QED) is 0.398. The second-order valence-corrected chi connectivity index (χ2v) is 11.8. The monoisotopic (exact) mass is 615 g/mol. The van der Waals surface area contributed by atoms with E-state index in [0.717, 1.165) is 25.1 Å². The molecule has 14 heteroatoms. The normalized spacial score (nSPS) is 23.8. The number of piperazine rings is 1. The van der Waals surface area contributed by atoms with Gasteiger partial charge >= 0.3 is 0 Å². The minimum atomic E-state index is -3.14. The number of carbonyl (C=O) groups is 1. The highest BCUT2D eigenvalue weighted by Crippen LogP contribution is 2.40. The SMILES string of the molecule is C[C@@H]1CN(c2cc(F)c(-c3cnc(N4CC5CCC(C4)O5)nc3)c(F)c2NC(=O)c2c[nH]c(=O)cc2C(F)F)C[C@H](C)N1C. The molecule has 2 unspecified atom stereocenters. The van der Waals surface area contributed by atoms with Gasteiger partial charge in [0, 0.05) is 80.1 Å². The number of nitrogens with one attached hydrogen (secondary N) is 2. The minimum Gasteiger partial charge on any atom is -0.371 e. The van der Waals surface area contributed by atoms with Crippen molar-refractivity contribution in [2.45, 2.75) is 57.4 Å². The van der Waals surface area contributed by atoms with Crippen LogP contribution in [0.15, 0.2) is 35.5 Å². The lowest BCUT2D eigenvalue weighted by atomic mass is 10.0. The van der Waals surface area contributed by atoms with Crippen molar-refractivity contribution in [1.29, 1.82) is 0 Å². The molecule has 44 heavy (non-hydrogen) atoms. The summed E-state index contributed by atoms with van der Waals surface area (Å²) in [5.74, 6) is -2.67. The lowest BCUT2D eigenvalue weighted by Crippen LogP contribution is -2.55. The molecule has 6 rings (SSSR count). The smallest absolute Gasteiger partial charge is 0.264 e. The van der Waals surface area contributed by atoms with E-state index < -0.39 is 46.2 Å². The van der Waals surface area contributed by atoms with Crippen LogP contribution >= 0.6 is 0 Å². The third-order valence-corrected chi connectivity index (χ3v) is 8.83. The van der Waals surface area contributed by atoms with Crippen LogP contribution in [0.1, 0.15) is 49.0 Å². The Bertz CT molecular complexity index is 1600. The molecule has 2 bridgehead atoms. The molecule has 1 amide bonds. The third kappa shape index (κ3) is 5.63. The first-order chi connectivity index (χ1) is 21.0. The Morgan fingerprint density at radius 3 is 2.27 bits per heavy atom. The van der Waals surface area contributed by atoms with Crippen molar-refractivity contribution >= 4 is 23.2 Å². The molecule has 0 aliphatic carbocycles. The zero-order valence-corrected chi connectivity index (χ0v) is 24.5. The van der Waals surface area contributed by atoms with E-state index in [1.165, 1.54) is 12.4 Å². The van der Waals surface area contributed by atoms with Crippen molar-refractivity contribution in [1.82, 2.24) is 19.9 Å². The van der Waals surface area contributed by atoms with Gasteiger partial charge in [-0.2, -0.15) is 0 Å². The van der Waals surface area contributed by atoms with Crippen molar-refractivity contribution < 1.29 is 27.1 Å². The summed E-state index contributed by atoms with van der Waals surface area (Å²) in [6.45, 7) is 5.96. The van der Waals surface area contributed by atoms with Crippen molar-refractivity contribution in [2.24, 2.45) is 0 Å². The number of ether oxygens (including phenoxy) is 1. The molecule has 1 aromatic carbocycles. The van der Waals surface area contributed by atoms with Gasteiger partial charge in [-0.25, -0.2) is 27.5 Å². The Balaban J connectivity index is 1.39. The number of likely N-dealkylation sites (N-methyl/N-ethyl adjacent to an activating group) is 1. The Morgan fingerprint density at radius 2 is 1.66 bits per heavy atom. The molecule has 3 aromatic rings. The topological polar surface area (TPSA) is 107 Å². The largest absolute Gasteiger partial charge is 0.371 e. The molecule has 2 N–H and O–H groups in total. The van der Waals surface area contributed by atoms with Gasteiger partial charge in [-0.05, 0) is 33.7 Å². The first-order valence-corrected chi connectivity index (χ1v) is 14.5. The van der Waals surface area contributed by atoms with Gasteiger partial charge in [-0.15, -0.1) is 0 Å². The number of pyridine rings is 1. The molecule has 0 spiro atoms. The molecule has 10 nitrogen and oxygen atoms in total. The number of aromatic amines is 1. The van der Waals surface area contributed by atoms with Crippen LogP contribution in [0.4, 0.5) is 34.9 Å². The second kappa shape index (κ2) is 11.8. The third-order valence-electron chi connectivity index (χ3n) is 8.83. The minimum absolute atomic E-state index is 0.00843. The zero-order valence-electron chi connectivity index (χ0n) is 24.5. The van der Waals surface area contributed by atoms with Gasteiger partial charge in [0.15, 0.2) is 5.82 Å². The molecule has 2 aromatic heterocycles. The van der Waals surface area contributed by atoms with Crippen LogP contribution < -0.4 is 20.7 Å². The number of nitrogens with zero attached hydrogens (tertiary/aromatic N) is 5. The highest BCUT2D eigenvalue weighted by atomic mass is 19.3. The van der Waals surface area contributed by atoms with Gasteiger partial charge in [0.2, 0.25) is 11.5 Å². The summed E-state index contributed by atoms with van der Waals surface area (Å²) in [5.41, 5.74) is -2.91. The zero-order chi connectivity index (χ0) is 31.3. The fourth-order valence-electron chi connectivity index (χ4n) is 6.28. The standard InChI is InChI=1S/C30H33F4N7O3/c1-15-11-40(12-16(2)39(15)3)23-7-22(31)25(17-8-36-30(37-9-17)41-13-18-4-5-19(14-41)44-18)26(32)27(23)38-29(43)21-10-35-24(42)6-20(21)28(33)34/h6-10,15-16,18-19,28H,4-5,11-14H2,1-3H3,(H,35,42)(H,38,43)/t15-,16+,18?,19?. The number of anilines is 3. The van der Waals surface area contributed by atoms with Gasteiger partial charge < -0.3 is 24.8 Å². The number of alkyl halides is 2. The van der Waals surface area contributed by atoms with Gasteiger partial charge in [0.25, 0.3) is 12.3 Å². The van der Waals surface area contributed by atoms with E-state index in [4.69, 9.17) is 4.74 Å². The van der Waals surface area contributed by atoms with Crippen molar-refractivity contribution in [3.05, 3.63) is 63.8 Å². The molecule has 3 saturated heterocycles. The van der Waals surface area contributed by atoms with Gasteiger partial charge in [-0.1, -0.05) is 0 Å². The fourth-order valence-corrected chi connectivity index (χ4v) is 6.28. The summed E-state index contributed by atoms with van der Waals surface area (Å²) < 4.78 is 65.7. The highest BCUT2D eigenvalue weighted by molar-refractivity contribution is 6.07. The highest BCUT2D eigenvalue weighted by Gasteiger charge is 2.35. The number of aromatic nitrogens is 3. The van der Waals surface area contributed by atoms with Crippen LogP contribution in [-0.4, -0.2) is 83.3 Å². The molecule has 0 saturated carbocycles. The molecule has 5 heterocycles. The Labute approximate surface area is 251 Å². The van der Waals surface area contributed by atoms with Crippen LogP contribution in [0.3, 0.4) is 0 Å². The van der Waals surface area contributed by atoms with Crippen LogP contribution in [0, 0.1) is 11.6 Å². The maximum Gasteiger partial charge on any atom is 0.264 e. The lowest BCUT2D eigenvalue weighted by molar-refractivity contribution is 0.0299. The van der Waals surface area contributed by atoms with E-state index in [-0.39, 0.29) is 41.2 Å². The molecule has 3 aliphatic rings. The molecular formula is C30H33F4N7O3. The Hall–Kier alpha value is -4.04. The number of morpholine rings is 1. The molecule has 4 atom stereocenters. The summed E-state index contributed by atoms with van der Waals surface area (Å²) >= 11 is 0. The summed E-state index contributed by atoms with van der Waals surface area (Å²) in [5, 5.41) is 2.41. The van der Waals surface area contributed by atoms with E-state index in [1.54, 1.807) is 4.90 Å². The maximum absolute atomic E-state index is 16.5. The summed E-state index contributed by atoms with van der Waals surface area (Å²) in [6.07, 6.45) is 2.47. The number of halogens is 4. The average molecular weight is 616 g/mol. The molecular weight excluding hydrogens is 582 g/mol. The average Bonchev–Trinajstić information content (AvgIpc) is 3.33. The number of benzene rings is 1. The van der Waals surface area contributed by atoms with Crippen LogP contribution in [0.2, 0.25) is 0 Å². The number of hydrogen-bond acceptors (Lipinski definition) is 8. The second-order valence-electron chi connectivity index (χ2n) is 11.8. The Kier molecular flexibility index (Phi) is 8.05. The van der Waals surface area contributed by atoms with Gasteiger partial charge in [0.05, 0.1) is 29.0 Å². The number of rotatable bonds is 6. The van der Waals surface area contributed by atoms with E-state index in [1.807, 2.05) is 25.8 Å². The number of amides is 1. The van der Waals surface area contributed by atoms with Crippen molar-refractivity contribution in [3.8, 4) is 11.1 Å². The first-order valence-electron chi connectivity index (χ1n) is 14.5. The maximum atomic E-state index is 16.5. The number of carbonyl (C=O) groups excluding carboxylic acids is 1. The molecule has 3 fully saturated rings. The first kappa shape index (κ1) is 30.0. The van der Waals surface area contributed by atoms with Crippen molar-refractivity contribution in [2.75, 3.05) is 48.3 Å². The predicted octanol–water partition coefficient (Wildman–Crippen LogP) is 4.20. The predicted molar refractivity (Wildman–Crippen MR) is 156 cm³/mol. The van der Waals surface area contributed by atoms with E-state index >= 15 is 8.78 Å².